The van der Waals surface area contributed by atoms with E-state index in [1.165, 1.54) is 42.7 Å². The molecule has 3 unspecified atom stereocenters. The molecule has 4 heteroatoms. The normalized spacial score (nSPS) is 27.1. The summed E-state index contributed by atoms with van der Waals surface area (Å²) in [5.41, 5.74) is 9.48. The van der Waals surface area contributed by atoms with Crippen LogP contribution in [0.1, 0.15) is 49.6 Å². The van der Waals surface area contributed by atoms with Gasteiger partial charge < -0.3 is 10.6 Å². The number of nitrogens with two attached hydrogens (primary N) is 1. The minimum atomic E-state index is 0.396. The Morgan fingerprint density at radius 1 is 1.45 bits per heavy atom. The van der Waals surface area contributed by atoms with Crippen LogP contribution >= 0.6 is 11.3 Å². The number of hydrogen-bond donors (Lipinski definition) is 1. The first kappa shape index (κ1) is 15.9. The molecular weight excluding hydrogens is 266 g/mol. The van der Waals surface area contributed by atoms with Crippen LogP contribution in [0.3, 0.4) is 0 Å². The molecule has 114 valence electrons. The van der Waals surface area contributed by atoms with Crippen molar-refractivity contribution in [2.45, 2.75) is 58.5 Å². The summed E-state index contributed by atoms with van der Waals surface area (Å²) in [6, 6.07) is 0.396. The average molecular weight is 295 g/mol. The van der Waals surface area contributed by atoms with Gasteiger partial charge in [-0.3, -0.25) is 0 Å². The predicted octanol–water partition coefficient (Wildman–Crippen LogP) is 3.43. The zero-order chi connectivity index (χ0) is 14.5. The Morgan fingerprint density at radius 2 is 2.25 bits per heavy atom. The van der Waals surface area contributed by atoms with Crippen molar-refractivity contribution in [1.29, 1.82) is 0 Å². The second kappa shape index (κ2) is 7.53. The summed E-state index contributed by atoms with van der Waals surface area (Å²) in [5, 5.41) is 0. The van der Waals surface area contributed by atoms with Gasteiger partial charge in [-0.1, -0.05) is 19.8 Å². The number of aromatic nitrogens is 1. The zero-order valence-electron chi connectivity index (χ0n) is 13.1. The highest BCUT2D eigenvalue weighted by Gasteiger charge is 2.28. The molecule has 0 bridgehead atoms. The quantitative estimate of drug-likeness (QED) is 0.874. The van der Waals surface area contributed by atoms with Crippen LogP contribution in [0.2, 0.25) is 0 Å². The van der Waals surface area contributed by atoms with E-state index in [0.29, 0.717) is 12.0 Å². The average Bonchev–Trinajstić information content (AvgIpc) is 2.79. The van der Waals surface area contributed by atoms with E-state index in [9.17, 15) is 0 Å². The van der Waals surface area contributed by atoms with E-state index >= 15 is 0 Å². The largest absolute Gasteiger partial charge is 0.327 e. The van der Waals surface area contributed by atoms with Gasteiger partial charge in [0, 0.05) is 24.0 Å². The van der Waals surface area contributed by atoms with E-state index in [0.717, 1.165) is 19.0 Å². The molecule has 1 aliphatic rings. The Hall–Kier alpha value is -0.450. The number of hydrogen-bond acceptors (Lipinski definition) is 4. The number of rotatable bonds is 6. The fraction of sp³-hybridized carbons (Fsp3) is 0.812. The zero-order valence-corrected chi connectivity index (χ0v) is 14.0. The molecule has 0 radical (unpaired) electrons. The molecule has 0 amide bonds. The molecule has 0 spiro atoms. The Balaban J connectivity index is 1.85. The Morgan fingerprint density at radius 3 is 2.90 bits per heavy atom. The number of nitrogens with zero attached hydrogens (tertiary/aromatic N) is 2. The van der Waals surface area contributed by atoms with Gasteiger partial charge in [-0.05, 0) is 45.1 Å². The smallest absolute Gasteiger partial charge is 0.0798 e. The maximum atomic E-state index is 6.35. The topological polar surface area (TPSA) is 42.1 Å². The summed E-state index contributed by atoms with van der Waals surface area (Å²) in [6.45, 7) is 6.53. The lowest BCUT2D eigenvalue weighted by molar-refractivity contribution is 0.166. The van der Waals surface area contributed by atoms with Crippen LogP contribution in [-0.2, 0) is 6.54 Å². The first-order chi connectivity index (χ1) is 9.60. The van der Waals surface area contributed by atoms with Crippen molar-refractivity contribution in [2.24, 2.45) is 17.6 Å². The summed E-state index contributed by atoms with van der Waals surface area (Å²) in [4.78, 5) is 8.16. The summed E-state index contributed by atoms with van der Waals surface area (Å²) in [6.07, 6.45) is 6.55. The molecule has 1 aromatic heterocycles. The molecule has 20 heavy (non-hydrogen) atoms. The fourth-order valence-electron chi connectivity index (χ4n) is 3.45. The Kier molecular flexibility index (Phi) is 6.00. The van der Waals surface area contributed by atoms with Gasteiger partial charge >= 0.3 is 0 Å². The van der Waals surface area contributed by atoms with Crippen LogP contribution < -0.4 is 5.73 Å². The SMILES string of the molecule is CCCC1CCC(N)C(CN(C)Cc2scnc2C)C1. The molecule has 0 aromatic carbocycles. The molecule has 1 aromatic rings. The molecule has 1 saturated carbocycles. The van der Waals surface area contributed by atoms with Crippen molar-refractivity contribution in [3.05, 3.63) is 16.1 Å². The highest BCUT2D eigenvalue weighted by atomic mass is 32.1. The van der Waals surface area contributed by atoms with E-state index in [1.807, 2.05) is 5.51 Å². The minimum Gasteiger partial charge on any atom is -0.327 e. The third-order valence-electron chi connectivity index (χ3n) is 4.65. The second-order valence-electron chi connectivity index (χ2n) is 6.45. The number of aryl methyl sites for hydroxylation is 1. The second-order valence-corrected chi connectivity index (χ2v) is 7.39. The summed E-state index contributed by atoms with van der Waals surface area (Å²) in [7, 11) is 2.22. The van der Waals surface area contributed by atoms with E-state index in [4.69, 9.17) is 5.73 Å². The highest BCUT2D eigenvalue weighted by Crippen LogP contribution is 2.32. The Labute approximate surface area is 127 Å². The minimum absolute atomic E-state index is 0.396. The van der Waals surface area contributed by atoms with Gasteiger partial charge in [-0.15, -0.1) is 11.3 Å². The first-order valence-electron chi connectivity index (χ1n) is 7.93. The van der Waals surface area contributed by atoms with Gasteiger partial charge in [0.15, 0.2) is 0 Å². The van der Waals surface area contributed by atoms with Crippen LogP contribution in [0.15, 0.2) is 5.51 Å². The summed E-state index contributed by atoms with van der Waals surface area (Å²) in [5.74, 6) is 1.57. The first-order valence-corrected chi connectivity index (χ1v) is 8.81. The van der Waals surface area contributed by atoms with Gasteiger partial charge in [0.25, 0.3) is 0 Å². The van der Waals surface area contributed by atoms with Crippen molar-refractivity contribution in [1.82, 2.24) is 9.88 Å². The standard InChI is InChI=1S/C16H29N3S/c1-4-5-13-6-7-15(17)14(8-13)9-19(3)10-16-12(2)18-11-20-16/h11,13-15H,4-10,17H2,1-3H3. The maximum absolute atomic E-state index is 6.35. The molecule has 1 aliphatic carbocycles. The van der Waals surface area contributed by atoms with E-state index in [2.05, 4.69) is 30.8 Å². The van der Waals surface area contributed by atoms with Gasteiger partial charge in [0.1, 0.15) is 0 Å². The lowest BCUT2D eigenvalue weighted by Crippen LogP contribution is -2.42. The van der Waals surface area contributed by atoms with Crippen molar-refractivity contribution in [3.63, 3.8) is 0 Å². The van der Waals surface area contributed by atoms with Gasteiger partial charge in [0.05, 0.1) is 11.2 Å². The Bertz CT molecular complexity index is 404. The lowest BCUT2D eigenvalue weighted by Gasteiger charge is -2.36. The molecule has 1 fully saturated rings. The van der Waals surface area contributed by atoms with Gasteiger partial charge in [-0.2, -0.15) is 0 Å². The van der Waals surface area contributed by atoms with E-state index in [1.54, 1.807) is 11.3 Å². The molecule has 0 aliphatic heterocycles. The molecular formula is C16H29N3S. The molecule has 2 rings (SSSR count). The number of thiazole rings is 1. The predicted molar refractivity (Wildman–Crippen MR) is 86.9 cm³/mol. The van der Waals surface area contributed by atoms with Crippen LogP contribution in [0.4, 0.5) is 0 Å². The lowest BCUT2D eigenvalue weighted by atomic mass is 9.76. The molecule has 3 nitrogen and oxygen atoms in total. The van der Waals surface area contributed by atoms with Crippen LogP contribution in [-0.4, -0.2) is 29.5 Å². The summed E-state index contributed by atoms with van der Waals surface area (Å²) < 4.78 is 0. The molecule has 2 N–H and O–H groups in total. The third-order valence-corrected chi connectivity index (χ3v) is 5.57. The van der Waals surface area contributed by atoms with Gasteiger partial charge in [0.2, 0.25) is 0 Å². The monoisotopic (exact) mass is 295 g/mol. The van der Waals surface area contributed by atoms with Crippen molar-refractivity contribution in [2.75, 3.05) is 13.6 Å². The van der Waals surface area contributed by atoms with Crippen molar-refractivity contribution >= 4 is 11.3 Å². The van der Waals surface area contributed by atoms with Crippen LogP contribution in [0.5, 0.6) is 0 Å². The van der Waals surface area contributed by atoms with E-state index in [-0.39, 0.29) is 0 Å². The highest BCUT2D eigenvalue weighted by molar-refractivity contribution is 7.09. The molecule has 3 atom stereocenters. The molecule has 0 saturated heterocycles. The van der Waals surface area contributed by atoms with Gasteiger partial charge in [-0.25, -0.2) is 4.98 Å². The molecule has 1 heterocycles. The third kappa shape index (κ3) is 4.27. The van der Waals surface area contributed by atoms with E-state index < -0.39 is 0 Å². The van der Waals surface area contributed by atoms with Crippen molar-refractivity contribution in [3.8, 4) is 0 Å². The fourth-order valence-corrected chi connectivity index (χ4v) is 4.31. The van der Waals surface area contributed by atoms with Crippen LogP contribution in [0, 0.1) is 18.8 Å². The maximum Gasteiger partial charge on any atom is 0.0798 e. The van der Waals surface area contributed by atoms with Crippen LogP contribution in [0.25, 0.3) is 0 Å². The van der Waals surface area contributed by atoms with Crippen molar-refractivity contribution < 1.29 is 0 Å². The summed E-state index contributed by atoms with van der Waals surface area (Å²) >= 11 is 1.77.